The van der Waals surface area contributed by atoms with E-state index in [1.54, 1.807) is 12.1 Å². The first-order valence-corrected chi connectivity index (χ1v) is 18.2. The minimum Gasteiger partial charge on any atom is -0.490 e. The lowest BCUT2D eigenvalue weighted by Crippen LogP contribution is -2.15. The summed E-state index contributed by atoms with van der Waals surface area (Å²) >= 11 is 0. The number of aryl methyl sites for hydroxylation is 1. The number of ether oxygens (including phenoxy) is 6. The molecule has 12 heteroatoms. The SMILES string of the molecule is C=C(CO)C(=O)OCCOc1ccc(-c2cc(OCCOC(=O)C(=C)CO)c(-c3ccc(OCCOC(=O)C(=C)CO)cc3)cc2CCCCCCC)cc1. The van der Waals surface area contributed by atoms with Crippen LogP contribution in [0.4, 0.5) is 0 Å². The molecule has 0 saturated heterocycles. The highest BCUT2D eigenvalue weighted by atomic mass is 16.6. The first-order chi connectivity index (χ1) is 26.6. The van der Waals surface area contributed by atoms with E-state index in [-0.39, 0.29) is 56.4 Å². The number of hydrogen-bond acceptors (Lipinski definition) is 12. The van der Waals surface area contributed by atoms with Gasteiger partial charge in [0.1, 0.15) is 56.9 Å². The molecule has 3 N–H and O–H groups in total. The van der Waals surface area contributed by atoms with Crippen LogP contribution >= 0.6 is 0 Å². The van der Waals surface area contributed by atoms with Gasteiger partial charge in [-0.05, 0) is 71.5 Å². The van der Waals surface area contributed by atoms with Crippen molar-refractivity contribution in [3.05, 3.63) is 103 Å². The van der Waals surface area contributed by atoms with Crippen molar-refractivity contribution < 1.29 is 58.1 Å². The zero-order chi connectivity index (χ0) is 40.0. The zero-order valence-electron chi connectivity index (χ0n) is 31.5. The van der Waals surface area contributed by atoms with Crippen LogP contribution in [0.5, 0.6) is 17.2 Å². The van der Waals surface area contributed by atoms with Crippen LogP contribution in [0, 0.1) is 0 Å². The van der Waals surface area contributed by atoms with Gasteiger partial charge < -0.3 is 43.7 Å². The van der Waals surface area contributed by atoms with E-state index in [9.17, 15) is 19.5 Å². The Labute approximate surface area is 322 Å². The average molecular weight is 761 g/mol. The Morgan fingerprint density at radius 3 is 1.38 bits per heavy atom. The van der Waals surface area contributed by atoms with Crippen LogP contribution in [0.2, 0.25) is 0 Å². The fourth-order valence-electron chi connectivity index (χ4n) is 5.20. The number of aliphatic hydroxyl groups is 3. The van der Waals surface area contributed by atoms with Gasteiger partial charge in [0.25, 0.3) is 0 Å². The molecular weight excluding hydrogens is 708 g/mol. The molecule has 0 aliphatic rings. The van der Waals surface area contributed by atoms with Gasteiger partial charge in [-0.15, -0.1) is 0 Å². The van der Waals surface area contributed by atoms with Crippen LogP contribution in [0.3, 0.4) is 0 Å². The second-order valence-electron chi connectivity index (χ2n) is 12.5. The number of hydrogen-bond donors (Lipinski definition) is 3. The Hall–Kier alpha value is -5.43. The second-order valence-corrected chi connectivity index (χ2v) is 12.5. The minimum atomic E-state index is -0.704. The van der Waals surface area contributed by atoms with Gasteiger partial charge in [-0.2, -0.15) is 0 Å². The van der Waals surface area contributed by atoms with E-state index in [1.807, 2.05) is 42.5 Å². The Balaban J connectivity index is 1.88. The average Bonchev–Trinajstić information content (AvgIpc) is 3.21. The first kappa shape index (κ1) is 44.0. The van der Waals surface area contributed by atoms with Gasteiger partial charge in [-0.25, -0.2) is 14.4 Å². The van der Waals surface area contributed by atoms with Gasteiger partial charge in [0.15, 0.2) is 0 Å². The summed E-state index contributed by atoms with van der Waals surface area (Å²) < 4.78 is 33.1. The molecule has 0 heterocycles. The summed E-state index contributed by atoms with van der Waals surface area (Å²) in [7, 11) is 0. The maximum Gasteiger partial charge on any atom is 0.335 e. The van der Waals surface area contributed by atoms with E-state index >= 15 is 0 Å². The topological polar surface area (TPSA) is 167 Å². The molecule has 3 aromatic carbocycles. The maximum atomic E-state index is 12.1. The van der Waals surface area contributed by atoms with Gasteiger partial charge in [0.2, 0.25) is 0 Å². The standard InChI is InChI=1S/C43H52O12/c1-5-6-7-8-9-10-35-25-39(34-13-17-37(18-14-34)51-20-23-54-42(48)31(3)28-45)40(52-21-24-55-43(49)32(4)29-46)26-38(35)33-11-15-36(16-12-33)50-19-22-53-41(47)30(2)27-44/h11-18,25-26,44-46H,2-10,19-24,27-29H2,1H3. The third-order valence-corrected chi connectivity index (χ3v) is 8.27. The van der Waals surface area contributed by atoms with Crippen molar-refractivity contribution in [3.8, 4) is 39.5 Å². The Kier molecular flexibility index (Phi) is 19.2. The molecule has 0 spiro atoms. The van der Waals surface area contributed by atoms with Crippen LogP contribution in [0.1, 0.15) is 44.6 Å². The molecule has 3 aromatic rings. The largest absolute Gasteiger partial charge is 0.490 e. The summed E-state index contributed by atoms with van der Waals surface area (Å²) in [6.07, 6.45) is 6.36. The normalized spacial score (nSPS) is 10.6. The van der Waals surface area contributed by atoms with E-state index in [4.69, 9.17) is 38.6 Å². The molecule has 0 aromatic heterocycles. The summed E-state index contributed by atoms with van der Waals surface area (Å²) in [5.41, 5.74) is 4.55. The first-order valence-electron chi connectivity index (χ1n) is 18.2. The summed E-state index contributed by atoms with van der Waals surface area (Å²) in [4.78, 5) is 35.5. The molecule has 55 heavy (non-hydrogen) atoms. The quantitative estimate of drug-likeness (QED) is 0.0382. The molecule has 0 bridgehead atoms. The summed E-state index contributed by atoms with van der Waals surface area (Å²) in [5, 5.41) is 27.3. The number of carbonyl (C=O) groups is 3. The molecule has 12 nitrogen and oxygen atoms in total. The number of aliphatic hydroxyl groups excluding tert-OH is 3. The lowest BCUT2D eigenvalue weighted by atomic mass is 9.91. The highest BCUT2D eigenvalue weighted by Gasteiger charge is 2.16. The highest BCUT2D eigenvalue weighted by molar-refractivity contribution is 5.88. The Morgan fingerprint density at radius 2 is 0.945 bits per heavy atom. The summed E-state index contributed by atoms with van der Waals surface area (Å²) in [5.74, 6) is -0.368. The van der Waals surface area contributed by atoms with Crippen LogP contribution in [-0.4, -0.2) is 92.7 Å². The van der Waals surface area contributed by atoms with Gasteiger partial charge in [-0.3, -0.25) is 0 Å². The fraction of sp³-hybridized carbons (Fsp3) is 0.372. The van der Waals surface area contributed by atoms with Gasteiger partial charge in [-0.1, -0.05) is 76.6 Å². The third-order valence-electron chi connectivity index (χ3n) is 8.27. The monoisotopic (exact) mass is 760 g/mol. The number of rotatable bonds is 26. The molecule has 0 radical (unpaired) electrons. The van der Waals surface area contributed by atoms with Crippen molar-refractivity contribution in [1.29, 1.82) is 0 Å². The number of carbonyl (C=O) groups excluding carboxylic acids is 3. The number of unbranched alkanes of at least 4 members (excludes halogenated alkanes) is 4. The van der Waals surface area contributed by atoms with Crippen LogP contribution in [0.25, 0.3) is 22.3 Å². The summed E-state index contributed by atoms with van der Waals surface area (Å²) in [6, 6.07) is 19.1. The van der Waals surface area contributed by atoms with E-state index in [1.165, 1.54) is 6.42 Å². The predicted molar refractivity (Wildman–Crippen MR) is 208 cm³/mol. The van der Waals surface area contributed by atoms with Gasteiger partial charge >= 0.3 is 17.9 Å². The molecular formula is C43H52O12. The lowest BCUT2D eigenvalue weighted by Gasteiger charge is -2.19. The van der Waals surface area contributed by atoms with Crippen molar-refractivity contribution in [2.24, 2.45) is 0 Å². The fourth-order valence-corrected chi connectivity index (χ4v) is 5.20. The van der Waals surface area contributed by atoms with E-state index < -0.39 is 37.7 Å². The molecule has 0 fully saturated rings. The Morgan fingerprint density at radius 1 is 0.527 bits per heavy atom. The van der Waals surface area contributed by atoms with Crippen molar-refractivity contribution in [2.45, 2.75) is 45.4 Å². The van der Waals surface area contributed by atoms with Crippen molar-refractivity contribution in [3.63, 3.8) is 0 Å². The van der Waals surface area contributed by atoms with Crippen LogP contribution < -0.4 is 14.2 Å². The lowest BCUT2D eigenvalue weighted by molar-refractivity contribution is -0.141. The molecule has 0 atom stereocenters. The molecule has 296 valence electrons. The summed E-state index contributed by atoms with van der Waals surface area (Å²) in [6.45, 7) is 11.3. The van der Waals surface area contributed by atoms with Crippen LogP contribution in [-0.2, 0) is 35.0 Å². The van der Waals surface area contributed by atoms with E-state index in [0.717, 1.165) is 59.9 Å². The highest BCUT2D eigenvalue weighted by Crippen LogP contribution is 2.39. The van der Waals surface area contributed by atoms with Crippen molar-refractivity contribution in [2.75, 3.05) is 59.5 Å². The molecule has 0 amide bonds. The predicted octanol–water partition coefficient (Wildman–Crippen LogP) is 5.95. The van der Waals surface area contributed by atoms with Gasteiger partial charge in [0.05, 0.1) is 36.5 Å². The molecule has 0 aliphatic carbocycles. The van der Waals surface area contributed by atoms with Crippen LogP contribution in [0.15, 0.2) is 97.1 Å². The second kappa shape index (κ2) is 24.1. The van der Waals surface area contributed by atoms with Crippen molar-refractivity contribution in [1.82, 2.24) is 0 Å². The zero-order valence-corrected chi connectivity index (χ0v) is 31.5. The molecule has 0 saturated carbocycles. The number of esters is 3. The van der Waals surface area contributed by atoms with Gasteiger partial charge in [0, 0.05) is 5.56 Å². The number of benzene rings is 3. The third kappa shape index (κ3) is 14.7. The maximum absolute atomic E-state index is 12.1. The van der Waals surface area contributed by atoms with Crippen molar-refractivity contribution >= 4 is 17.9 Å². The molecule has 3 rings (SSSR count). The molecule has 0 aliphatic heterocycles. The smallest absolute Gasteiger partial charge is 0.335 e. The minimum absolute atomic E-state index is 0.00217. The Bertz CT molecular complexity index is 1730. The van der Waals surface area contributed by atoms with E-state index in [0.29, 0.717) is 17.2 Å². The molecule has 0 unspecified atom stereocenters. The van der Waals surface area contributed by atoms with E-state index in [2.05, 4.69) is 32.7 Å².